The van der Waals surface area contributed by atoms with E-state index in [-0.39, 0.29) is 12.7 Å². The highest BCUT2D eigenvalue weighted by atomic mass is 16.5. The summed E-state index contributed by atoms with van der Waals surface area (Å²) in [6, 6.07) is 10.4. The van der Waals surface area contributed by atoms with E-state index >= 15 is 0 Å². The van der Waals surface area contributed by atoms with Crippen molar-refractivity contribution >= 4 is 0 Å². The van der Waals surface area contributed by atoms with Gasteiger partial charge in [0.1, 0.15) is 11.9 Å². The molecule has 1 heterocycles. The van der Waals surface area contributed by atoms with Gasteiger partial charge in [-0.05, 0) is 65.3 Å². The zero-order chi connectivity index (χ0) is 15.8. The lowest BCUT2D eigenvalue weighted by Crippen LogP contribution is -2.20. The van der Waals surface area contributed by atoms with Crippen LogP contribution in [0, 0.1) is 6.92 Å². The van der Waals surface area contributed by atoms with Crippen LogP contribution in [0.25, 0.3) is 11.1 Å². The Kier molecular flexibility index (Phi) is 3.83. The fraction of sp³-hybridized carbons (Fsp3) is 0.400. The largest absolute Gasteiger partial charge is 0.488 e. The van der Waals surface area contributed by atoms with Gasteiger partial charge in [-0.3, -0.25) is 0 Å². The number of rotatable bonds is 4. The lowest BCUT2D eigenvalue weighted by Gasteiger charge is -2.29. The summed E-state index contributed by atoms with van der Waals surface area (Å²) in [5.74, 6) is 1.04. The Hall–Kier alpha value is -1.84. The SMILES string of the molecule is Cc1cc(OC2CCOC2)c2c(c1-c1cccc(CO)c1)CC2. The van der Waals surface area contributed by atoms with Crippen LogP contribution >= 0.6 is 0 Å². The second-order valence-corrected chi connectivity index (χ2v) is 6.49. The first-order chi connectivity index (χ1) is 11.3. The minimum absolute atomic E-state index is 0.0813. The highest BCUT2D eigenvalue weighted by molar-refractivity contribution is 5.76. The Bertz CT molecular complexity index is 730. The molecule has 4 rings (SSSR count). The topological polar surface area (TPSA) is 38.7 Å². The highest BCUT2D eigenvalue weighted by Gasteiger charge is 2.27. The zero-order valence-corrected chi connectivity index (χ0v) is 13.5. The van der Waals surface area contributed by atoms with E-state index in [1.54, 1.807) is 0 Å². The normalized spacial score (nSPS) is 19.3. The molecule has 2 aliphatic rings. The third-order valence-corrected chi connectivity index (χ3v) is 4.91. The average molecular weight is 310 g/mol. The number of ether oxygens (including phenoxy) is 2. The van der Waals surface area contributed by atoms with Gasteiger partial charge in [-0.15, -0.1) is 0 Å². The second-order valence-electron chi connectivity index (χ2n) is 6.49. The fourth-order valence-electron chi connectivity index (χ4n) is 3.63. The van der Waals surface area contributed by atoms with Gasteiger partial charge in [0.25, 0.3) is 0 Å². The van der Waals surface area contributed by atoms with Crippen LogP contribution < -0.4 is 4.74 Å². The maximum atomic E-state index is 9.39. The van der Waals surface area contributed by atoms with E-state index in [9.17, 15) is 5.11 Å². The minimum Gasteiger partial charge on any atom is -0.488 e. The van der Waals surface area contributed by atoms with Crippen molar-refractivity contribution in [3.8, 4) is 16.9 Å². The summed E-state index contributed by atoms with van der Waals surface area (Å²) < 4.78 is 11.6. The van der Waals surface area contributed by atoms with E-state index in [1.165, 1.54) is 27.8 Å². The van der Waals surface area contributed by atoms with Gasteiger partial charge in [0.15, 0.2) is 0 Å². The maximum absolute atomic E-state index is 9.39. The predicted molar refractivity (Wildman–Crippen MR) is 89.8 cm³/mol. The number of aliphatic hydroxyl groups is 1. The Balaban J connectivity index is 1.73. The van der Waals surface area contributed by atoms with Gasteiger partial charge in [0, 0.05) is 6.42 Å². The van der Waals surface area contributed by atoms with Crippen LogP contribution in [-0.2, 0) is 24.2 Å². The molecule has 2 aromatic carbocycles. The van der Waals surface area contributed by atoms with Crippen LogP contribution in [0.3, 0.4) is 0 Å². The molecule has 0 radical (unpaired) electrons. The zero-order valence-electron chi connectivity index (χ0n) is 13.5. The van der Waals surface area contributed by atoms with Crippen molar-refractivity contribution in [2.75, 3.05) is 13.2 Å². The first-order valence-electron chi connectivity index (χ1n) is 8.36. The third-order valence-electron chi connectivity index (χ3n) is 4.91. The summed E-state index contributed by atoms with van der Waals surface area (Å²) in [7, 11) is 0. The van der Waals surface area contributed by atoms with E-state index in [0.29, 0.717) is 6.61 Å². The molecule has 0 amide bonds. The molecule has 3 heteroatoms. The van der Waals surface area contributed by atoms with Gasteiger partial charge in [-0.2, -0.15) is 0 Å². The quantitative estimate of drug-likeness (QED) is 0.940. The summed E-state index contributed by atoms with van der Waals surface area (Å²) in [6.45, 7) is 3.74. The fourth-order valence-corrected chi connectivity index (χ4v) is 3.63. The highest BCUT2D eigenvalue weighted by Crippen LogP contribution is 2.42. The third kappa shape index (κ3) is 2.64. The van der Waals surface area contributed by atoms with Crippen LogP contribution in [0.15, 0.2) is 30.3 Å². The minimum atomic E-state index is 0.0813. The summed E-state index contributed by atoms with van der Waals surface area (Å²) in [6.07, 6.45) is 3.37. The van der Waals surface area contributed by atoms with E-state index in [4.69, 9.17) is 9.47 Å². The molecule has 1 aliphatic heterocycles. The first kappa shape index (κ1) is 14.7. The molecular weight excluding hydrogens is 288 g/mol. The Morgan fingerprint density at radius 3 is 2.78 bits per heavy atom. The van der Waals surface area contributed by atoms with Gasteiger partial charge in [0.05, 0.1) is 19.8 Å². The number of aryl methyl sites for hydroxylation is 1. The molecule has 1 saturated heterocycles. The monoisotopic (exact) mass is 310 g/mol. The molecule has 1 unspecified atom stereocenters. The van der Waals surface area contributed by atoms with E-state index < -0.39 is 0 Å². The van der Waals surface area contributed by atoms with Gasteiger partial charge in [-0.1, -0.05) is 18.2 Å². The van der Waals surface area contributed by atoms with Gasteiger partial charge in [-0.25, -0.2) is 0 Å². The van der Waals surface area contributed by atoms with Crippen LogP contribution in [0.5, 0.6) is 5.75 Å². The molecule has 120 valence electrons. The Morgan fingerprint density at radius 2 is 2.09 bits per heavy atom. The Labute approximate surface area is 136 Å². The molecule has 1 atom stereocenters. The van der Waals surface area contributed by atoms with Crippen LogP contribution in [0.4, 0.5) is 0 Å². The van der Waals surface area contributed by atoms with Gasteiger partial charge >= 0.3 is 0 Å². The molecule has 0 aromatic heterocycles. The van der Waals surface area contributed by atoms with Crippen molar-refractivity contribution in [1.82, 2.24) is 0 Å². The molecule has 1 fully saturated rings. The predicted octanol–water partition coefficient (Wildman–Crippen LogP) is 3.42. The van der Waals surface area contributed by atoms with E-state index in [2.05, 4.69) is 25.1 Å². The molecule has 2 aromatic rings. The lowest BCUT2D eigenvalue weighted by atomic mass is 9.79. The van der Waals surface area contributed by atoms with Gasteiger partial charge in [0.2, 0.25) is 0 Å². The molecule has 0 saturated carbocycles. The van der Waals surface area contributed by atoms with Crippen molar-refractivity contribution in [2.45, 2.75) is 38.9 Å². The van der Waals surface area contributed by atoms with Crippen molar-refractivity contribution in [2.24, 2.45) is 0 Å². The number of aliphatic hydroxyl groups excluding tert-OH is 1. The number of benzene rings is 2. The standard InChI is InChI=1S/C20H22O3/c1-13-9-19(23-16-7-8-22-12-16)17-5-6-18(17)20(13)15-4-2-3-14(10-15)11-21/h2-4,9-10,16,21H,5-8,11-12H2,1H3. The van der Waals surface area contributed by atoms with Crippen LogP contribution in [-0.4, -0.2) is 24.4 Å². The van der Waals surface area contributed by atoms with Crippen molar-refractivity contribution < 1.29 is 14.6 Å². The smallest absolute Gasteiger partial charge is 0.124 e. The van der Waals surface area contributed by atoms with Crippen molar-refractivity contribution in [3.63, 3.8) is 0 Å². The molecule has 0 bridgehead atoms. The lowest BCUT2D eigenvalue weighted by molar-refractivity contribution is 0.140. The van der Waals surface area contributed by atoms with Crippen LogP contribution in [0.2, 0.25) is 0 Å². The maximum Gasteiger partial charge on any atom is 0.124 e. The molecule has 1 aliphatic carbocycles. The van der Waals surface area contributed by atoms with Gasteiger partial charge < -0.3 is 14.6 Å². The first-order valence-corrected chi connectivity index (χ1v) is 8.36. The Morgan fingerprint density at radius 1 is 1.22 bits per heavy atom. The molecular formula is C20H22O3. The molecule has 1 N–H and O–H groups in total. The summed E-state index contributed by atoms with van der Waals surface area (Å²) in [4.78, 5) is 0. The van der Waals surface area contributed by atoms with Crippen molar-refractivity contribution in [3.05, 3.63) is 52.6 Å². The second kappa shape index (κ2) is 5.99. The summed E-state index contributed by atoms with van der Waals surface area (Å²) in [5.41, 5.74) is 7.48. The molecule has 0 spiro atoms. The van der Waals surface area contributed by atoms with E-state index in [0.717, 1.165) is 37.2 Å². The van der Waals surface area contributed by atoms with E-state index in [1.807, 2.05) is 12.1 Å². The molecule has 23 heavy (non-hydrogen) atoms. The average Bonchev–Trinajstić information content (AvgIpc) is 3.03. The van der Waals surface area contributed by atoms with Crippen molar-refractivity contribution in [1.29, 1.82) is 0 Å². The summed E-state index contributed by atoms with van der Waals surface area (Å²) in [5, 5.41) is 9.39. The summed E-state index contributed by atoms with van der Waals surface area (Å²) >= 11 is 0. The number of fused-ring (bicyclic) bond motifs is 1. The number of hydrogen-bond acceptors (Lipinski definition) is 3. The molecule has 3 nitrogen and oxygen atoms in total. The van der Waals surface area contributed by atoms with Crippen LogP contribution in [0.1, 0.15) is 28.7 Å². The number of hydrogen-bond donors (Lipinski definition) is 1.